The maximum absolute atomic E-state index is 14.3. The number of nitrogens with one attached hydrogen (secondary N) is 3. The maximum atomic E-state index is 14.3. The van der Waals surface area contributed by atoms with Gasteiger partial charge in [0.15, 0.2) is 11.6 Å². The second-order valence-corrected chi connectivity index (χ2v) is 11.4. The number of Topliss-reactive ketones (excluding diaryl/α,β-unsaturated/α-hetero) is 2. The molecule has 1 saturated heterocycles. The first-order chi connectivity index (χ1) is 20.5. The number of methoxy groups -OCH3 is 2. The molecule has 12 heteroatoms. The predicted molar refractivity (Wildman–Crippen MR) is 156 cm³/mol. The third-order valence-electron chi connectivity index (χ3n) is 7.45. The molecule has 1 spiro atoms. The average Bonchev–Trinajstić information content (AvgIpc) is 2.98. The number of piperidine rings is 1. The number of hydrogen-bond acceptors (Lipinski definition) is 10. The molecule has 43 heavy (non-hydrogen) atoms. The number of para-hydroxylation sites is 1. The Balaban J connectivity index is 1.51. The van der Waals surface area contributed by atoms with Gasteiger partial charge in [0.05, 0.1) is 19.8 Å². The van der Waals surface area contributed by atoms with Crippen molar-refractivity contribution in [2.75, 3.05) is 27.3 Å². The summed E-state index contributed by atoms with van der Waals surface area (Å²) < 4.78 is 22.7. The molecular weight excluding hydrogens is 556 g/mol. The Morgan fingerprint density at radius 1 is 1.00 bits per heavy atom. The SMILES string of the molecule is COc1cc(C(=O)[C@H]2C(=O)c3cc(C(=O)NNC(=O)OC(C)(C)C)ccc3OC23CCNCC3)nc2c(OC)cccc12. The summed E-state index contributed by atoms with van der Waals surface area (Å²) in [5, 5.41) is 3.92. The first kappa shape index (κ1) is 29.8. The van der Waals surface area contributed by atoms with Gasteiger partial charge in [-0.1, -0.05) is 6.07 Å². The molecule has 0 bridgehead atoms. The van der Waals surface area contributed by atoms with Crippen molar-refractivity contribution in [2.45, 2.75) is 44.8 Å². The number of ketones is 2. The van der Waals surface area contributed by atoms with E-state index in [-0.39, 0.29) is 22.6 Å². The van der Waals surface area contributed by atoms with Gasteiger partial charge in [-0.3, -0.25) is 19.8 Å². The number of benzene rings is 2. The van der Waals surface area contributed by atoms with Crippen molar-refractivity contribution in [1.29, 1.82) is 0 Å². The highest BCUT2D eigenvalue weighted by atomic mass is 16.6. The van der Waals surface area contributed by atoms with Crippen LogP contribution in [0.15, 0.2) is 42.5 Å². The summed E-state index contributed by atoms with van der Waals surface area (Å²) in [5.74, 6) is -1.78. The van der Waals surface area contributed by atoms with Crippen LogP contribution >= 0.6 is 0 Å². The first-order valence-electron chi connectivity index (χ1n) is 13.9. The minimum Gasteiger partial charge on any atom is -0.496 e. The smallest absolute Gasteiger partial charge is 0.426 e. The van der Waals surface area contributed by atoms with Crippen LogP contribution in [0, 0.1) is 5.92 Å². The van der Waals surface area contributed by atoms with Crippen molar-refractivity contribution >= 4 is 34.5 Å². The van der Waals surface area contributed by atoms with Crippen molar-refractivity contribution in [3.05, 3.63) is 59.3 Å². The molecule has 226 valence electrons. The Labute approximate surface area is 248 Å². The standard InChI is InChI=1S/C31H34N4O8/c1-30(2,3)43-29(39)35-34-28(38)17-9-10-21-19(15-17)26(36)24(31(42-21)11-13-32-14-12-31)27(37)20-16-23(41-5)18-7-6-8-22(40-4)25(18)33-20/h6-10,15-16,24,32H,11-14H2,1-5H3,(H,34,38)(H,35,39)/t24-/m1/s1. The highest BCUT2D eigenvalue weighted by molar-refractivity contribution is 6.19. The van der Waals surface area contributed by atoms with Crippen LogP contribution in [0.5, 0.6) is 17.2 Å². The number of fused-ring (bicyclic) bond motifs is 2. The van der Waals surface area contributed by atoms with Crippen LogP contribution in [-0.4, -0.2) is 67.1 Å². The third kappa shape index (κ3) is 5.82. The van der Waals surface area contributed by atoms with Crippen LogP contribution in [0.3, 0.4) is 0 Å². The molecule has 1 fully saturated rings. The number of nitrogens with zero attached hydrogens (tertiary/aromatic N) is 1. The summed E-state index contributed by atoms with van der Waals surface area (Å²) in [7, 11) is 3.00. The van der Waals surface area contributed by atoms with E-state index >= 15 is 0 Å². The molecule has 3 aromatic rings. The van der Waals surface area contributed by atoms with Crippen LogP contribution in [0.2, 0.25) is 0 Å². The molecule has 5 rings (SSSR count). The molecule has 2 aliphatic rings. The maximum Gasteiger partial charge on any atom is 0.426 e. The van der Waals surface area contributed by atoms with Crippen LogP contribution in [0.4, 0.5) is 4.79 Å². The molecule has 0 saturated carbocycles. The van der Waals surface area contributed by atoms with Crippen molar-refractivity contribution in [2.24, 2.45) is 5.92 Å². The van der Waals surface area contributed by atoms with E-state index < -0.39 is 40.7 Å². The summed E-state index contributed by atoms with van der Waals surface area (Å²) in [6, 6.07) is 11.2. The first-order valence-corrected chi connectivity index (χ1v) is 13.9. The summed E-state index contributed by atoms with van der Waals surface area (Å²) in [5.41, 5.74) is 3.21. The van der Waals surface area contributed by atoms with E-state index in [1.54, 1.807) is 32.9 Å². The van der Waals surface area contributed by atoms with Crippen LogP contribution in [0.25, 0.3) is 10.9 Å². The lowest BCUT2D eigenvalue weighted by atomic mass is 9.71. The highest BCUT2D eigenvalue weighted by Gasteiger charge is 2.54. The average molecular weight is 591 g/mol. The number of amides is 2. The molecule has 3 heterocycles. The van der Waals surface area contributed by atoms with Gasteiger partial charge in [-0.15, -0.1) is 0 Å². The molecule has 2 amide bonds. The number of ether oxygens (including phenoxy) is 4. The van der Waals surface area contributed by atoms with E-state index in [4.69, 9.17) is 18.9 Å². The fraction of sp³-hybridized carbons (Fsp3) is 0.387. The molecule has 12 nitrogen and oxygen atoms in total. The van der Waals surface area contributed by atoms with E-state index in [9.17, 15) is 19.2 Å². The fourth-order valence-electron chi connectivity index (χ4n) is 5.51. The van der Waals surface area contributed by atoms with Gasteiger partial charge in [0.25, 0.3) is 5.91 Å². The van der Waals surface area contributed by atoms with E-state index in [2.05, 4.69) is 21.2 Å². The zero-order valence-electron chi connectivity index (χ0n) is 24.7. The van der Waals surface area contributed by atoms with Crippen molar-refractivity contribution in [1.82, 2.24) is 21.2 Å². The van der Waals surface area contributed by atoms with Gasteiger partial charge >= 0.3 is 6.09 Å². The molecule has 1 aromatic heterocycles. The lowest BCUT2D eigenvalue weighted by Gasteiger charge is -2.45. The monoisotopic (exact) mass is 590 g/mol. The quantitative estimate of drug-likeness (QED) is 0.228. The van der Waals surface area contributed by atoms with E-state index in [0.717, 1.165) is 0 Å². The van der Waals surface area contributed by atoms with Gasteiger partial charge < -0.3 is 24.3 Å². The van der Waals surface area contributed by atoms with Crippen LogP contribution in [0.1, 0.15) is 64.8 Å². The number of carbonyl (C=O) groups is 4. The number of hydrogen-bond donors (Lipinski definition) is 3. The Morgan fingerprint density at radius 3 is 2.40 bits per heavy atom. The van der Waals surface area contributed by atoms with Gasteiger partial charge in [0.1, 0.15) is 45.6 Å². The topological polar surface area (TPSA) is 154 Å². The number of carbonyl (C=O) groups excluding carboxylic acids is 4. The Morgan fingerprint density at radius 2 is 1.72 bits per heavy atom. The zero-order chi connectivity index (χ0) is 30.9. The molecule has 2 aliphatic heterocycles. The Kier molecular flexibility index (Phi) is 7.98. The van der Waals surface area contributed by atoms with Gasteiger partial charge in [0.2, 0.25) is 0 Å². The lowest BCUT2D eigenvalue weighted by molar-refractivity contribution is -0.0140. The fourth-order valence-corrected chi connectivity index (χ4v) is 5.51. The van der Waals surface area contributed by atoms with Gasteiger partial charge in [0, 0.05) is 29.9 Å². The number of hydrazine groups is 1. The highest BCUT2D eigenvalue weighted by Crippen LogP contribution is 2.44. The number of aromatic nitrogens is 1. The van der Waals surface area contributed by atoms with Gasteiger partial charge in [-0.05, 0) is 64.2 Å². The van der Waals surface area contributed by atoms with E-state index in [1.807, 2.05) is 6.07 Å². The molecule has 0 unspecified atom stereocenters. The predicted octanol–water partition coefficient (Wildman–Crippen LogP) is 3.62. The molecule has 2 aromatic carbocycles. The van der Waals surface area contributed by atoms with Gasteiger partial charge in [-0.2, -0.15) is 0 Å². The molecule has 3 N–H and O–H groups in total. The van der Waals surface area contributed by atoms with E-state index in [0.29, 0.717) is 48.3 Å². The summed E-state index contributed by atoms with van der Waals surface area (Å²) >= 11 is 0. The largest absolute Gasteiger partial charge is 0.496 e. The minimum atomic E-state index is -1.23. The molecular formula is C31H34N4O8. The summed E-state index contributed by atoms with van der Waals surface area (Å²) in [6.45, 7) is 6.17. The summed E-state index contributed by atoms with van der Waals surface area (Å²) in [6.07, 6.45) is -0.0262. The van der Waals surface area contributed by atoms with Gasteiger partial charge in [-0.25, -0.2) is 15.2 Å². The summed E-state index contributed by atoms with van der Waals surface area (Å²) in [4.78, 5) is 58.0. The number of pyridine rings is 1. The van der Waals surface area contributed by atoms with Crippen molar-refractivity contribution in [3.63, 3.8) is 0 Å². The van der Waals surface area contributed by atoms with E-state index in [1.165, 1.54) is 38.5 Å². The normalized spacial score (nSPS) is 17.4. The van der Waals surface area contributed by atoms with Crippen molar-refractivity contribution in [3.8, 4) is 17.2 Å². The number of rotatable bonds is 5. The second kappa shape index (κ2) is 11.5. The molecule has 0 radical (unpaired) electrons. The molecule has 0 aliphatic carbocycles. The van der Waals surface area contributed by atoms with Crippen molar-refractivity contribution < 1.29 is 38.1 Å². The second-order valence-electron chi connectivity index (χ2n) is 11.4. The lowest BCUT2D eigenvalue weighted by Crippen LogP contribution is -2.58. The Hall–Kier alpha value is -4.71. The minimum absolute atomic E-state index is 0.0348. The van der Waals surface area contributed by atoms with Crippen LogP contribution < -0.4 is 30.4 Å². The third-order valence-corrected chi connectivity index (χ3v) is 7.45. The Bertz CT molecular complexity index is 1610. The zero-order valence-corrected chi connectivity index (χ0v) is 24.7. The van der Waals surface area contributed by atoms with Crippen LogP contribution in [-0.2, 0) is 4.74 Å². The molecule has 1 atom stereocenters.